The van der Waals surface area contributed by atoms with Crippen LogP contribution in [0, 0.1) is 10.1 Å². The molecule has 10 heteroatoms. The number of aromatic nitrogens is 1. The first-order chi connectivity index (χ1) is 8.83. The van der Waals surface area contributed by atoms with E-state index in [1.807, 2.05) is 12.4 Å². The van der Waals surface area contributed by atoms with E-state index in [2.05, 4.69) is 15.7 Å². The first kappa shape index (κ1) is 14.4. The van der Waals surface area contributed by atoms with Gasteiger partial charge >= 0.3 is 0 Å². The molecule has 0 spiro atoms. The molecule has 1 saturated heterocycles. The summed E-state index contributed by atoms with van der Waals surface area (Å²) in [5.74, 6) is 0. The van der Waals surface area contributed by atoms with Gasteiger partial charge in [0, 0.05) is 11.6 Å². The average Bonchev–Trinajstić information content (AvgIpc) is 2.76. The van der Waals surface area contributed by atoms with Gasteiger partial charge in [0.25, 0.3) is 5.25 Å². The fourth-order valence-corrected chi connectivity index (χ4v) is 3.07. The van der Waals surface area contributed by atoms with Crippen molar-refractivity contribution in [3.05, 3.63) is 26.7 Å². The van der Waals surface area contributed by atoms with E-state index in [0.29, 0.717) is 17.8 Å². The number of alkyl halides is 1. The number of hydrogen-bond donors (Lipinski definition) is 2. The second kappa shape index (κ2) is 5.17. The molecule has 19 heavy (non-hydrogen) atoms. The highest BCUT2D eigenvalue weighted by Gasteiger charge is 2.46. The lowest BCUT2D eigenvalue weighted by atomic mass is 10.4. The van der Waals surface area contributed by atoms with Gasteiger partial charge in [-0.25, -0.2) is 25.3 Å². The van der Waals surface area contributed by atoms with Gasteiger partial charge in [0.1, 0.15) is 24.9 Å². The second-order valence-electron chi connectivity index (χ2n) is 4.87. The van der Waals surface area contributed by atoms with Gasteiger partial charge < -0.3 is 0 Å². The summed E-state index contributed by atoms with van der Waals surface area (Å²) in [6.07, 6.45) is 1.77. The zero-order valence-electron chi connectivity index (χ0n) is 10.7. The highest BCUT2D eigenvalue weighted by atomic mass is 35.5. The zero-order chi connectivity index (χ0) is 14.1. The van der Waals surface area contributed by atoms with Crippen LogP contribution in [0.15, 0.2) is 11.6 Å². The number of thiazole rings is 1. The van der Waals surface area contributed by atoms with E-state index in [1.54, 1.807) is 29.5 Å². The summed E-state index contributed by atoms with van der Waals surface area (Å²) in [6.45, 7) is 1.83. The van der Waals surface area contributed by atoms with E-state index in [1.165, 1.54) is 0 Å². The number of hydrogen-bond acceptors (Lipinski definition) is 6. The highest BCUT2D eigenvalue weighted by molar-refractivity contribution is 7.09. The predicted octanol–water partition coefficient (Wildman–Crippen LogP) is 0.171. The zero-order valence-corrected chi connectivity index (χ0v) is 12.2. The van der Waals surface area contributed by atoms with Crippen molar-refractivity contribution in [1.29, 1.82) is 0 Å². The van der Waals surface area contributed by atoms with Crippen LogP contribution in [0.1, 0.15) is 5.01 Å². The fraction of sp³-hybridized carbons (Fsp3) is 0.667. The molecule has 0 amide bonds. The van der Waals surface area contributed by atoms with Crippen LogP contribution in [0.2, 0.25) is 0 Å². The van der Waals surface area contributed by atoms with E-state index >= 15 is 0 Å². The fourth-order valence-electron chi connectivity index (χ4n) is 2.10. The van der Waals surface area contributed by atoms with Gasteiger partial charge in [0.2, 0.25) is 0 Å². The van der Waals surface area contributed by atoms with Gasteiger partial charge in [-0.3, -0.25) is 4.48 Å². The van der Waals surface area contributed by atoms with Crippen molar-refractivity contribution < 1.29 is 9.52 Å². The van der Waals surface area contributed by atoms with Crippen LogP contribution in [-0.2, 0) is 6.54 Å². The summed E-state index contributed by atoms with van der Waals surface area (Å²) >= 11 is 7.77. The SMILES string of the molecule is CN1C[N+](C)(Cc2nccs2)CNC1(Cl)N[N+](=O)[O-]. The molecule has 1 aromatic rings. The number of halogens is 1. The van der Waals surface area contributed by atoms with Crippen LogP contribution in [0.5, 0.6) is 0 Å². The van der Waals surface area contributed by atoms with Crippen LogP contribution in [0.3, 0.4) is 0 Å². The Morgan fingerprint density at radius 2 is 2.58 bits per heavy atom. The van der Waals surface area contributed by atoms with Gasteiger partial charge in [0.05, 0.1) is 7.05 Å². The number of quaternary nitrogens is 1. The van der Waals surface area contributed by atoms with E-state index < -0.39 is 10.3 Å². The monoisotopic (exact) mass is 307 g/mol. The smallest absolute Gasteiger partial charge is 0.288 e. The summed E-state index contributed by atoms with van der Waals surface area (Å²) in [7, 11) is 3.78. The van der Waals surface area contributed by atoms with E-state index in [0.717, 1.165) is 11.6 Å². The number of nitrogens with zero attached hydrogens (tertiary/aromatic N) is 4. The molecule has 1 aromatic heterocycles. The molecule has 0 saturated carbocycles. The third-order valence-corrected chi connectivity index (χ3v) is 4.29. The number of hydrazine groups is 1. The number of rotatable bonds is 4. The Bertz CT molecular complexity index is 460. The second-order valence-corrected chi connectivity index (χ2v) is 6.39. The molecule has 2 rings (SSSR count). The Morgan fingerprint density at radius 3 is 3.11 bits per heavy atom. The Balaban J connectivity index is 2.04. The maximum atomic E-state index is 10.6. The van der Waals surface area contributed by atoms with Gasteiger partial charge in [0.15, 0.2) is 5.03 Å². The number of nitro groups is 1. The predicted molar refractivity (Wildman–Crippen MR) is 71.3 cm³/mol. The average molecular weight is 308 g/mol. The molecule has 8 nitrogen and oxygen atoms in total. The molecular formula is C9H16ClN6O2S+. The largest absolute Gasteiger partial charge is 0.295 e. The van der Waals surface area contributed by atoms with Crippen LogP contribution < -0.4 is 10.7 Å². The molecule has 1 aliphatic heterocycles. The quantitative estimate of drug-likeness (QED) is 0.271. The minimum absolute atomic E-state index is 0.508. The maximum Gasteiger partial charge on any atom is 0.288 e. The van der Waals surface area contributed by atoms with Gasteiger partial charge in [-0.15, -0.1) is 11.3 Å². The minimum Gasteiger partial charge on any atom is -0.295 e. The molecule has 0 radical (unpaired) electrons. The minimum atomic E-state index is -1.36. The summed E-state index contributed by atoms with van der Waals surface area (Å²) < 4.78 is 0.637. The molecule has 0 aromatic carbocycles. The van der Waals surface area contributed by atoms with Crippen LogP contribution in [0.25, 0.3) is 0 Å². The van der Waals surface area contributed by atoms with Crippen LogP contribution in [0.4, 0.5) is 0 Å². The lowest BCUT2D eigenvalue weighted by molar-refractivity contribution is -0.943. The first-order valence-corrected chi connectivity index (χ1v) is 6.88. The van der Waals surface area contributed by atoms with Crippen molar-refractivity contribution in [2.24, 2.45) is 0 Å². The van der Waals surface area contributed by atoms with Crippen LogP contribution >= 0.6 is 22.9 Å². The standard InChI is InChI=1S/C9H16ClN6O2S/c1-14-7-16(2,5-8-11-3-4-19-8)6-12-9(14,10)13-15(17)18/h3-4,12-13H,5-7H2,1-2H3/q+1. The molecule has 2 atom stereocenters. The molecule has 2 unspecified atom stereocenters. The van der Waals surface area contributed by atoms with Crippen LogP contribution in [-0.4, -0.2) is 52.1 Å². The molecule has 1 aliphatic rings. The Labute approximate surface area is 119 Å². The molecule has 2 N–H and O–H groups in total. The summed E-state index contributed by atoms with van der Waals surface area (Å²) in [5.41, 5.74) is 2.08. The van der Waals surface area contributed by atoms with Crippen molar-refractivity contribution in [3.8, 4) is 0 Å². The Morgan fingerprint density at radius 1 is 1.84 bits per heavy atom. The molecule has 0 aliphatic carbocycles. The topological polar surface area (TPSA) is 83.3 Å². The number of nitrogens with one attached hydrogen (secondary N) is 2. The normalized spacial score (nSPS) is 32.2. The van der Waals surface area contributed by atoms with E-state index in [-0.39, 0.29) is 0 Å². The maximum absolute atomic E-state index is 10.6. The summed E-state index contributed by atoms with van der Waals surface area (Å²) in [5, 5.41) is 14.5. The van der Waals surface area contributed by atoms with Gasteiger partial charge in [-0.05, 0) is 7.05 Å². The van der Waals surface area contributed by atoms with Crippen molar-refractivity contribution in [3.63, 3.8) is 0 Å². The third kappa shape index (κ3) is 3.31. The van der Waals surface area contributed by atoms with E-state index in [4.69, 9.17) is 11.6 Å². The van der Waals surface area contributed by atoms with Gasteiger partial charge in [-0.1, -0.05) is 17.0 Å². The lowest BCUT2D eigenvalue weighted by Crippen LogP contribution is -2.75. The Hall–Kier alpha value is -1.00. The molecule has 106 valence electrons. The van der Waals surface area contributed by atoms with E-state index in [9.17, 15) is 10.1 Å². The molecule has 0 bridgehead atoms. The van der Waals surface area contributed by atoms with Crippen molar-refractivity contribution >= 4 is 22.9 Å². The third-order valence-electron chi connectivity index (χ3n) is 3.01. The lowest BCUT2D eigenvalue weighted by Gasteiger charge is -2.47. The molecule has 1 fully saturated rings. The van der Waals surface area contributed by atoms with Crippen molar-refractivity contribution in [2.75, 3.05) is 27.4 Å². The molecular weight excluding hydrogens is 292 g/mol. The molecule has 2 heterocycles. The summed E-state index contributed by atoms with van der Waals surface area (Å²) in [6, 6.07) is 0. The van der Waals surface area contributed by atoms with Crippen molar-refractivity contribution in [2.45, 2.75) is 11.8 Å². The highest BCUT2D eigenvalue weighted by Crippen LogP contribution is 2.23. The summed E-state index contributed by atoms with van der Waals surface area (Å²) in [4.78, 5) is 16.5. The first-order valence-electron chi connectivity index (χ1n) is 5.62. The van der Waals surface area contributed by atoms with Crippen molar-refractivity contribution in [1.82, 2.24) is 20.6 Å². The van der Waals surface area contributed by atoms with Gasteiger partial charge in [-0.2, -0.15) is 0 Å². The Kier molecular flexibility index (Phi) is 3.92.